The molecule has 0 aliphatic rings. The van der Waals surface area contributed by atoms with Crippen LogP contribution in [0.2, 0.25) is 0 Å². The number of ether oxygens (including phenoxy) is 2. The lowest BCUT2D eigenvalue weighted by Crippen LogP contribution is -2.16. The lowest BCUT2D eigenvalue weighted by atomic mass is 10.1. The molecule has 25 heavy (non-hydrogen) atoms. The summed E-state index contributed by atoms with van der Waals surface area (Å²) in [6.07, 6.45) is 0. The lowest BCUT2D eigenvalue weighted by Gasteiger charge is -2.11. The molecule has 132 valence electrons. The highest BCUT2D eigenvalue weighted by molar-refractivity contribution is 6.03. The fourth-order valence-corrected chi connectivity index (χ4v) is 2.03. The molecule has 2 rings (SSSR count). The molecule has 0 aliphatic heterocycles. The maximum Gasteiger partial charge on any atom is 0.339 e. The molecule has 0 atom stereocenters. The van der Waals surface area contributed by atoms with Crippen LogP contribution in [-0.2, 0) is 16.1 Å². The van der Waals surface area contributed by atoms with E-state index in [0.717, 1.165) is 18.2 Å². The van der Waals surface area contributed by atoms with Crippen molar-refractivity contribution in [1.82, 2.24) is 0 Å². The van der Waals surface area contributed by atoms with Gasteiger partial charge < -0.3 is 9.47 Å². The number of hydrogen-bond donors (Lipinski definition) is 0. The molecular weight excluding hydrogens is 330 g/mol. The van der Waals surface area contributed by atoms with Crippen molar-refractivity contribution in [2.45, 2.75) is 20.5 Å². The summed E-state index contributed by atoms with van der Waals surface area (Å²) in [7, 11) is 0. The van der Waals surface area contributed by atoms with Crippen molar-refractivity contribution in [3.63, 3.8) is 0 Å². The largest absolute Gasteiger partial charge is 0.462 e. The first-order valence-corrected chi connectivity index (χ1v) is 7.75. The maximum absolute atomic E-state index is 13.6. The van der Waals surface area contributed by atoms with Gasteiger partial charge in [0, 0.05) is 5.56 Å². The van der Waals surface area contributed by atoms with Crippen molar-refractivity contribution < 1.29 is 27.8 Å². The van der Waals surface area contributed by atoms with E-state index in [2.05, 4.69) is 0 Å². The van der Waals surface area contributed by atoms with Gasteiger partial charge in [-0.05, 0) is 36.2 Å². The van der Waals surface area contributed by atoms with Gasteiger partial charge in [0.25, 0.3) is 0 Å². The Morgan fingerprint density at radius 1 is 0.960 bits per heavy atom. The minimum absolute atomic E-state index is 0.00747. The second-order valence-electron chi connectivity index (χ2n) is 5.85. The smallest absolute Gasteiger partial charge is 0.339 e. The monoisotopic (exact) mass is 348 g/mol. The standard InChI is InChI=1S/C19H18F2O4/c1-12(2)10-24-18(22)15-5-3-4-6-16(15)19(23)25-11-13-9-14(20)7-8-17(13)21/h3-9,12H,10-11H2,1-2H3. The van der Waals surface area contributed by atoms with E-state index >= 15 is 0 Å². The molecule has 0 spiro atoms. The Bertz CT molecular complexity index is 772. The predicted octanol–water partition coefficient (Wildman–Crippen LogP) is 4.13. The number of carbonyl (C=O) groups excluding carboxylic acids is 2. The van der Waals surface area contributed by atoms with Crippen LogP contribution in [0.15, 0.2) is 42.5 Å². The van der Waals surface area contributed by atoms with Gasteiger partial charge in [0.1, 0.15) is 18.2 Å². The molecule has 2 aromatic carbocycles. The summed E-state index contributed by atoms with van der Waals surface area (Å²) in [5.41, 5.74) is -0.0193. The molecule has 0 N–H and O–H groups in total. The Balaban J connectivity index is 2.11. The van der Waals surface area contributed by atoms with Crippen LogP contribution in [0.1, 0.15) is 40.1 Å². The highest BCUT2D eigenvalue weighted by atomic mass is 19.1. The van der Waals surface area contributed by atoms with Crippen LogP contribution in [0, 0.1) is 17.6 Å². The summed E-state index contributed by atoms with van der Waals surface area (Å²) in [5, 5.41) is 0. The minimum atomic E-state index is -0.819. The molecule has 0 aromatic heterocycles. The van der Waals surface area contributed by atoms with Crippen LogP contribution in [-0.4, -0.2) is 18.5 Å². The van der Waals surface area contributed by atoms with Gasteiger partial charge in [0.05, 0.1) is 17.7 Å². The van der Waals surface area contributed by atoms with E-state index in [-0.39, 0.29) is 29.2 Å². The third-order valence-corrected chi connectivity index (χ3v) is 3.28. The maximum atomic E-state index is 13.6. The molecule has 0 fully saturated rings. The van der Waals surface area contributed by atoms with Gasteiger partial charge in [-0.2, -0.15) is 0 Å². The second kappa shape index (κ2) is 8.37. The lowest BCUT2D eigenvalue weighted by molar-refractivity contribution is 0.0416. The van der Waals surface area contributed by atoms with Crippen molar-refractivity contribution in [2.24, 2.45) is 5.92 Å². The Labute approximate surface area is 144 Å². The fraction of sp³-hybridized carbons (Fsp3) is 0.263. The van der Waals surface area contributed by atoms with Gasteiger partial charge in [-0.1, -0.05) is 26.0 Å². The summed E-state index contributed by atoms with van der Waals surface area (Å²) in [6.45, 7) is 3.55. The van der Waals surface area contributed by atoms with Gasteiger partial charge in [-0.15, -0.1) is 0 Å². The van der Waals surface area contributed by atoms with Crippen molar-refractivity contribution in [3.05, 3.63) is 70.8 Å². The molecule has 0 amide bonds. The molecule has 4 nitrogen and oxygen atoms in total. The average Bonchev–Trinajstić information content (AvgIpc) is 2.60. The van der Waals surface area contributed by atoms with Gasteiger partial charge >= 0.3 is 11.9 Å². The van der Waals surface area contributed by atoms with Crippen LogP contribution in [0.5, 0.6) is 0 Å². The fourth-order valence-electron chi connectivity index (χ4n) is 2.03. The van der Waals surface area contributed by atoms with Gasteiger partial charge in [0.2, 0.25) is 0 Å². The molecule has 0 unspecified atom stereocenters. The molecule has 0 bridgehead atoms. The van der Waals surface area contributed by atoms with E-state index in [0.29, 0.717) is 0 Å². The zero-order chi connectivity index (χ0) is 18.4. The van der Waals surface area contributed by atoms with Crippen LogP contribution in [0.25, 0.3) is 0 Å². The quantitative estimate of drug-likeness (QED) is 0.737. The second-order valence-corrected chi connectivity index (χ2v) is 5.85. The number of halogens is 2. The van der Waals surface area contributed by atoms with Crippen molar-refractivity contribution >= 4 is 11.9 Å². The molecule has 0 radical (unpaired) electrons. The number of esters is 2. The Morgan fingerprint density at radius 2 is 1.56 bits per heavy atom. The summed E-state index contributed by atoms with van der Waals surface area (Å²) < 4.78 is 36.9. The first kappa shape index (κ1) is 18.6. The molecule has 2 aromatic rings. The molecule has 0 aliphatic carbocycles. The third kappa shape index (κ3) is 5.11. The highest BCUT2D eigenvalue weighted by Gasteiger charge is 2.19. The third-order valence-electron chi connectivity index (χ3n) is 3.28. The number of hydrogen-bond acceptors (Lipinski definition) is 4. The first-order chi connectivity index (χ1) is 11.9. The van der Waals surface area contributed by atoms with Crippen LogP contribution >= 0.6 is 0 Å². The summed E-state index contributed by atoms with van der Waals surface area (Å²) in [5.74, 6) is -2.62. The van der Waals surface area contributed by atoms with E-state index < -0.39 is 30.2 Å². The number of carbonyl (C=O) groups is 2. The van der Waals surface area contributed by atoms with Gasteiger partial charge in [-0.3, -0.25) is 0 Å². The highest BCUT2D eigenvalue weighted by Crippen LogP contribution is 2.15. The predicted molar refractivity (Wildman–Crippen MR) is 87.0 cm³/mol. The summed E-state index contributed by atoms with van der Waals surface area (Å²) in [4.78, 5) is 24.3. The van der Waals surface area contributed by atoms with Crippen molar-refractivity contribution in [1.29, 1.82) is 0 Å². The van der Waals surface area contributed by atoms with E-state index in [4.69, 9.17) is 9.47 Å². The molecule has 0 saturated heterocycles. The zero-order valence-electron chi connectivity index (χ0n) is 13.9. The normalized spacial score (nSPS) is 10.6. The SMILES string of the molecule is CC(C)COC(=O)c1ccccc1C(=O)OCc1cc(F)ccc1F. The molecular formula is C19H18F2O4. The topological polar surface area (TPSA) is 52.6 Å². The van der Waals surface area contributed by atoms with E-state index in [9.17, 15) is 18.4 Å². The molecule has 0 saturated carbocycles. The van der Waals surface area contributed by atoms with Crippen LogP contribution in [0.4, 0.5) is 8.78 Å². The minimum Gasteiger partial charge on any atom is -0.462 e. The molecule has 6 heteroatoms. The summed E-state index contributed by atoms with van der Waals surface area (Å²) >= 11 is 0. The Morgan fingerprint density at radius 3 is 2.16 bits per heavy atom. The van der Waals surface area contributed by atoms with E-state index in [1.54, 1.807) is 12.1 Å². The van der Waals surface area contributed by atoms with Crippen molar-refractivity contribution in [3.8, 4) is 0 Å². The average molecular weight is 348 g/mol. The van der Waals surface area contributed by atoms with Gasteiger partial charge in [-0.25, -0.2) is 18.4 Å². The van der Waals surface area contributed by atoms with Crippen LogP contribution < -0.4 is 0 Å². The van der Waals surface area contributed by atoms with E-state index in [1.165, 1.54) is 12.1 Å². The molecule has 0 heterocycles. The Kier molecular flexibility index (Phi) is 6.22. The first-order valence-electron chi connectivity index (χ1n) is 7.75. The van der Waals surface area contributed by atoms with Crippen LogP contribution in [0.3, 0.4) is 0 Å². The van der Waals surface area contributed by atoms with Crippen molar-refractivity contribution in [2.75, 3.05) is 6.61 Å². The number of benzene rings is 2. The summed E-state index contributed by atoms with van der Waals surface area (Å²) in [6, 6.07) is 8.90. The Hall–Kier alpha value is -2.76. The van der Waals surface area contributed by atoms with Gasteiger partial charge in [0.15, 0.2) is 0 Å². The number of rotatable bonds is 6. The van der Waals surface area contributed by atoms with E-state index in [1.807, 2.05) is 13.8 Å². The zero-order valence-corrected chi connectivity index (χ0v) is 13.9.